The number of rotatable bonds is 5. The van der Waals surface area contributed by atoms with Gasteiger partial charge >= 0.3 is 0 Å². The molecule has 0 aliphatic carbocycles. The molecule has 5 heteroatoms. The van der Waals surface area contributed by atoms with Crippen LogP contribution in [-0.4, -0.2) is 10.2 Å². The van der Waals surface area contributed by atoms with Gasteiger partial charge in [-0.3, -0.25) is 0 Å². The van der Waals surface area contributed by atoms with Crippen LogP contribution in [0.25, 0.3) is 0 Å². The maximum absolute atomic E-state index is 4.14. The smallest absolute Gasteiger partial charge is 0.206 e. The first-order valence-corrected chi connectivity index (χ1v) is 7.53. The van der Waals surface area contributed by atoms with Gasteiger partial charge in [0.05, 0.1) is 6.04 Å². The highest BCUT2D eigenvalue weighted by Gasteiger charge is 2.10. The molecule has 17 heavy (non-hydrogen) atoms. The average Bonchev–Trinajstić information content (AvgIpc) is 2.96. The third-order valence-electron chi connectivity index (χ3n) is 2.57. The van der Waals surface area contributed by atoms with Crippen LogP contribution in [0.3, 0.4) is 0 Å². The first kappa shape index (κ1) is 12.5. The zero-order valence-electron chi connectivity index (χ0n) is 10.4. The minimum Gasteiger partial charge on any atom is -0.353 e. The van der Waals surface area contributed by atoms with Gasteiger partial charge in [0.2, 0.25) is 5.13 Å². The van der Waals surface area contributed by atoms with Crippen molar-refractivity contribution in [3.63, 3.8) is 0 Å². The normalized spacial score (nSPS) is 12.6. The van der Waals surface area contributed by atoms with E-state index in [9.17, 15) is 0 Å². The van der Waals surface area contributed by atoms with Crippen LogP contribution >= 0.6 is 22.7 Å². The fourth-order valence-corrected chi connectivity index (χ4v) is 3.25. The highest BCUT2D eigenvalue weighted by Crippen LogP contribution is 2.27. The Balaban J connectivity index is 2.02. The summed E-state index contributed by atoms with van der Waals surface area (Å²) in [4.78, 5) is 2.79. The van der Waals surface area contributed by atoms with Gasteiger partial charge in [0.25, 0.3) is 0 Å². The Morgan fingerprint density at radius 1 is 1.18 bits per heavy atom. The Kier molecular flexibility index (Phi) is 4.12. The third-order valence-corrected chi connectivity index (χ3v) is 4.98. The quantitative estimate of drug-likeness (QED) is 0.893. The molecule has 0 bridgehead atoms. The van der Waals surface area contributed by atoms with Gasteiger partial charge < -0.3 is 5.32 Å². The van der Waals surface area contributed by atoms with Gasteiger partial charge in [-0.15, -0.1) is 21.5 Å². The molecule has 0 spiro atoms. The largest absolute Gasteiger partial charge is 0.353 e. The highest BCUT2D eigenvalue weighted by molar-refractivity contribution is 7.15. The zero-order chi connectivity index (χ0) is 12.3. The second-order valence-electron chi connectivity index (χ2n) is 3.88. The fourth-order valence-electron chi connectivity index (χ4n) is 1.53. The Labute approximate surface area is 110 Å². The molecule has 1 N–H and O–H groups in total. The lowest BCUT2D eigenvalue weighted by atomic mass is 10.3. The summed E-state index contributed by atoms with van der Waals surface area (Å²) in [6.07, 6.45) is 2.06. The number of nitrogens with zero attached hydrogens (tertiary/aromatic N) is 2. The molecule has 0 aromatic carbocycles. The lowest BCUT2D eigenvalue weighted by Gasteiger charge is -2.09. The van der Waals surface area contributed by atoms with Crippen LogP contribution in [0, 0.1) is 0 Å². The summed E-state index contributed by atoms with van der Waals surface area (Å²) in [6, 6.07) is 4.71. The Morgan fingerprint density at radius 2 is 2.00 bits per heavy atom. The summed E-state index contributed by atoms with van der Waals surface area (Å²) < 4.78 is 0. The van der Waals surface area contributed by atoms with E-state index >= 15 is 0 Å². The number of hydrogen-bond acceptors (Lipinski definition) is 5. The second-order valence-corrected chi connectivity index (χ2v) is 6.14. The second kappa shape index (κ2) is 5.60. The van der Waals surface area contributed by atoms with Gasteiger partial charge in [0.15, 0.2) is 0 Å². The maximum Gasteiger partial charge on any atom is 0.206 e. The molecule has 1 unspecified atom stereocenters. The molecule has 2 heterocycles. The highest BCUT2D eigenvalue weighted by atomic mass is 32.1. The van der Waals surface area contributed by atoms with Crippen molar-refractivity contribution in [1.29, 1.82) is 0 Å². The van der Waals surface area contributed by atoms with E-state index in [2.05, 4.69) is 48.4 Å². The maximum atomic E-state index is 4.14. The fraction of sp³-hybridized carbons (Fsp3) is 0.500. The summed E-state index contributed by atoms with van der Waals surface area (Å²) in [6.45, 7) is 6.45. The molecule has 2 rings (SSSR count). The van der Waals surface area contributed by atoms with Crippen LogP contribution in [0.1, 0.15) is 41.6 Å². The van der Waals surface area contributed by atoms with Crippen LogP contribution < -0.4 is 5.32 Å². The first-order chi connectivity index (χ1) is 8.22. The lowest BCUT2D eigenvalue weighted by molar-refractivity contribution is 0.889. The van der Waals surface area contributed by atoms with Crippen molar-refractivity contribution < 1.29 is 0 Å². The summed E-state index contributed by atoms with van der Waals surface area (Å²) in [7, 11) is 0. The summed E-state index contributed by atoms with van der Waals surface area (Å²) in [5.41, 5.74) is 0. The van der Waals surface area contributed by atoms with E-state index in [1.807, 2.05) is 11.3 Å². The minimum atomic E-state index is 0.304. The van der Waals surface area contributed by atoms with Gasteiger partial charge in [0, 0.05) is 9.75 Å². The van der Waals surface area contributed by atoms with Gasteiger partial charge in [-0.05, 0) is 31.9 Å². The van der Waals surface area contributed by atoms with E-state index in [1.54, 1.807) is 11.3 Å². The summed E-state index contributed by atoms with van der Waals surface area (Å²) in [5, 5.41) is 13.7. The van der Waals surface area contributed by atoms with Gasteiger partial charge in [-0.25, -0.2) is 0 Å². The topological polar surface area (TPSA) is 37.8 Å². The van der Waals surface area contributed by atoms with Crippen molar-refractivity contribution in [1.82, 2.24) is 10.2 Å². The molecule has 0 radical (unpaired) electrons. The number of aromatic nitrogens is 2. The Morgan fingerprint density at radius 3 is 2.59 bits per heavy atom. The van der Waals surface area contributed by atoms with E-state index < -0.39 is 0 Å². The molecule has 0 fully saturated rings. The van der Waals surface area contributed by atoms with Crippen molar-refractivity contribution in [3.8, 4) is 0 Å². The number of hydrogen-bond donors (Lipinski definition) is 1. The van der Waals surface area contributed by atoms with Crippen molar-refractivity contribution >= 4 is 27.8 Å². The molecule has 0 aliphatic heterocycles. The van der Waals surface area contributed by atoms with E-state index in [-0.39, 0.29) is 0 Å². The van der Waals surface area contributed by atoms with Crippen LogP contribution in [0.15, 0.2) is 12.1 Å². The molecule has 0 saturated carbocycles. The molecule has 92 valence electrons. The minimum absolute atomic E-state index is 0.304. The third kappa shape index (κ3) is 3.04. The molecular formula is C12H17N3S2. The van der Waals surface area contributed by atoms with Crippen molar-refractivity contribution in [2.45, 2.75) is 39.7 Å². The van der Waals surface area contributed by atoms with Gasteiger partial charge in [-0.2, -0.15) is 0 Å². The van der Waals surface area contributed by atoms with Crippen LogP contribution in [0.5, 0.6) is 0 Å². The van der Waals surface area contributed by atoms with E-state index in [1.165, 1.54) is 9.75 Å². The monoisotopic (exact) mass is 267 g/mol. The van der Waals surface area contributed by atoms with Crippen molar-refractivity contribution in [2.24, 2.45) is 0 Å². The van der Waals surface area contributed by atoms with E-state index in [4.69, 9.17) is 0 Å². The van der Waals surface area contributed by atoms with Gasteiger partial charge in [0.1, 0.15) is 5.01 Å². The summed E-state index contributed by atoms with van der Waals surface area (Å²) in [5.74, 6) is 0. The van der Waals surface area contributed by atoms with Crippen LogP contribution in [-0.2, 0) is 12.8 Å². The van der Waals surface area contributed by atoms with Gasteiger partial charge in [-0.1, -0.05) is 25.2 Å². The predicted octanol–water partition coefficient (Wildman–Crippen LogP) is 3.90. The number of thiophene rings is 1. The predicted molar refractivity (Wildman–Crippen MR) is 75.0 cm³/mol. The molecular weight excluding hydrogens is 250 g/mol. The van der Waals surface area contributed by atoms with E-state index in [0.29, 0.717) is 6.04 Å². The van der Waals surface area contributed by atoms with Crippen molar-refractivity contribution in [3.05, 3.63) is 26.9 Å². The SMILES string of the molecule is CCc1ccc(C(C)Nc2nnc(CC)s2)s1. The molecule has 3 nitrogen and oxygen atoms in total. The summed E-state index contributed by atoms with van der Waals surface area (Å²) >= 11 is 3.51. The average molecular weight is 267 g/mol. The first-order valence-electron chi connectivity index (χ1n) is 5.90. The van der Waals surface area contributed by atoms with E-state index in [0.717, 1.165) is 23.0 Å². The number of aryl methyl sites for hydroxylation is 2. The molecule has 0 aliphatic rings. The molecule has 2 aromatic rings. The molecule has 1 atom stereocenters. The number of nitrogens with one attached hydrogen (secondary N) is 1. The Hall–Kier alpha value is -0.940. The van der Waals surface area contributed by atoms with Crippen molar-refractivity contribution in [2.75, 3.05) is 5.32 Å². The number of anilines is 1. The standard InChI is InChI=1S/C12H17N3S2/c1-4-9-6-7-10(16-9)8(3)13-12-15-14-11(5-2)17-12/h6-8H,4-5H2,1-3H3,(H,13,15). The van der Waals surface area contributed by atoms with Crippen LogP contribution in [0.2, 0.25) is 0 Å². The van der Waals surface area contributed by atoms with Crippen LogP contribution in [0.4, 0.5) is 5.13 Å². The Bertz CT molecular complexity index is 476. The molecule has 0 amide bonds. The lowest BCUT2D eigenvalue weighted by Crippen LogP contribution is -2.04. The molecule has 0 saturated heterocycles. The zero-order valence-corrected chi connectivity index (χ0v) is 12.0. The molecule has 2 aromatic heterocycles.